The molecular formula is C21H20FN3O5S. The fraction of sp³-hybridized carbons (Fsp3) is 0.286. The van der Waals surface area contributed by atoms with Crippen molar-refractivity contribution in [2.45, 2.75) is 17.7 Å². The highest BCUT2D eigenvalue weighted by atomic mass is 32.2. The first-order valence-electron chi connectivity index (χ1n) is 9.71. The van der Waals surface area contributed by atoms with Gasteiger partial charge in [0.2, 0.25) is 15.9 Å². The summed E-state index contributed by atoms with van der Waals surface area (Å²) in [6, 6.07) is 9.05. The van der Waals surface area contributed by atoms with Gasteiger partial charge in [0.1, 0.15) is 5.82 Å². The molecule has 0 bridgehead atoms. The van der Waals surface area contributed by atoms with Gasteiger partial charge in [-0.05, 0) is 55.3 Å². The summed E-state index contributed by atoms with van der Waals surface area (Å²) in [5.74, 6) is -2.32. The van der Waals surface area contributed by atoms with Crippen molar-refractivity contribution in [3.8, 4) is 0 Å². The SMILES string of the molecule is CN1C(=O)c2ccc(NC(=O)[C@H]3CCCN(S(=O)(=O)c4ccc(F)cc4)C3)cc2C1=O. The zero-order valence-electron chi connectivity index (χ0n) is 16.7. The first-order valence-corrected chi connectivity index (χ1v) is 11.2. The minimum absolute atomic E-state index is 0.00334. The molecule has 0 aromatic heterocycles. The third-order valence-corrected chi connectivity index (χ3v) is 7.44. The van der Waals surface area contributed by atoms with E-state index in [4.69, 9.17) is 0 Å². The predicted molar refractivity (Wildman–Crippen MR) is 109 cm³/mol. The van der Waals surface area contributed by atoms with Gasteiger partial charge in [-0.25, -0.2) is 12.8 Å². The number of nitrogens with one attached hydrogen (secondary N) is 1. The van der Waals surface area contributed by atoms with Crippen molar-refractivity contribution >= 4 is 33.4 Å². The molecule has 162 valence electrons. The lowest BCUT2D eigenvalue weighted by Gasteiger charge is -2.31. The molecule has 2 aromatic carbocycles. The standard InChI is InChI=1S/C21H20FN3O5S/c1-24-20(27)17-9-6-15(11-18(17)21(24)28)23-19(26)13-3-2-10-25(12-13)31(29,30)16-7-4-14(22)5-8-16/h4-9,11,13H,2-3,10,12H2,1H3,(H,23,26)/t13-/m0/s1. The second-order valence-corrected chi connectivity index (χ2v) is 9.51. The van der Waals surface area contributed by atoms with Crippen LogP contribution in [-0.4, -0.2) is 55.5 Å². The summed E-state index contributed by atoms with van der Waals surface area (Å²) in [5, 5.41) is 2.72. The number of hydrogen-bond acceptors (Lipinski definition) is 5. The minimum atomic E-state index is -3.85. The van der Waals surface area contributed by atoms with E-state index in [1.165, 1.54) is 41.7 Å². The Kier molecular flexibility index (Phi) is 5.36. The van der Waals surface area contributed by atoms with Crippen molar-refractivity contribution < 1.29 is 27.2 Å². The monoisotopic (exact) mass is 445 g/mol. The van der Waals surface area contributed by atoms with Crippen LogP contribution >= 0.6 is 0 Å². The zero-order chi connectivity index (χ0) is 22.3. The Balaban J connectivity index is 1.48. The van der Waals surface area contributed by atoms with Crippen LogP contribution in [0.4, 0.5) is 10.1 Å². The van der Waals surface area contributed by atoms with Crippen LogP contribution in [0.15, 0.2) is 47.4 Å². The highest BCUT2D eigenvalue weighted by Gasteiger charge is 2.35. The number of rotatable bonds is 4. The Labute approximate surface area is 178 Å². The number of anilines is 1. The molecule has 3 amide bonds. The van der Waals surface area contributed by atoms with Gasteiger partial charge in [-0.3, -0.25) is 19.3 Å². The van der Waals surface area contributed by atoms with Gasteiger partial charge in [0.05, 0.1) is 21.9 Å². The van der Waals surface area contributed by atoms with Crippen LogP contribution in [0.25, 0.3) is 0 Å². The van der Waals surface area contributed by atoms with Crippen LogP contribution in [-0.2, 0) is 14.8 Å². The van der Waals surface area contributed by atoms with Gasteiger partial charge in [-0.15, -0.1) is 0 Å². The summed E-state index contributed by atoms with van der Waals surface area (Å²) in [6.45, 7) is 0.266. The van der Waals surface area contributed by atoms with Crippen molar-refractivity contribution in [1.29, 1.82) is 0 Å². The fourth-order valence-electron chi connectivity index (χ4n) is 3.81. The average molecular weight is 445 g/mol. The van der Waals surface area contributed by atoms with Crippen LogP contribution in [0.2, 0.25) is 0 Å². The molecule has 1 saturated heterocycles. The fourth-order valence-corrected chi connectivity index (χ4v) is 5.34. The molecular weight excluding hydrogens is 425 g/mol. The smallest absolute Gasteiger partial charge is 0.261 e. The number of halogens is 1. The minimum Gasteiger partial charge on any atom is -0.326 e. The first-order chi connectivity index (χ1) is 14.7. The summed E-state index contributed by atoms with van der Waals surface area (Å²) < 4.78 is 40.1. The Hall–Kier alpha value is -3.11. The lowest BCUT2D eigenvalue weighted by molar-refractivity contribution is -0.120. The third kappa shape index (κ3) is 3.84. The number of amides is 3. The summed E-state index contributed by atoms with van der Waals surface area (Å²) in [7, 11) is -2.46. The highest BCUT2D eigenvalue weighted by molar-refractivity contribution is 7.89. The maximum atomic E-state index is 13.1. The molecule has 2 aliphatic heterocycles. The Morgan fingerprint density at radius 3 is 2.45 bits per heavy atom. The molecule has 10 heteroatoms. The molecule has 1 fully saturated rings. The molecule has 2 aromatic rings. The number of carbonyl (C=O) groups is 3. The molecule has 2 heterocycles. The summed E-state index contributed by atoms with van der Waals surface area (Å²) >= 11 is 0. The zero-order valence-corrected chi connectivity index (χ0v) is 17.5. The Morgan fingerprint density at radius 1 is 1.06 bits per heavy atom. The summed E-state index contributed by atoms with van der Waals surface area (Å²) in [5.41, 5.74) is 0.855. The second kappa shape index (κ2) is 7.86. The van der Waals surface area contributed by atoms with Crippen LogP contribution in [0.3, 0.4) is 0 Å². The molecule has 0 aliphatic carbocycles. The lowest BCUT2D eigenvalue weighted by Crippen LogP contribution is -2.43. The number of carbonyl (C=O) groups excluding carboxylic acids is 3. The van der Waals surface area contributed by atoms with Crippen molar-refractivity contribution in [3.05, 3.63) is 59.4 Å². The van der Waals surface area contributed by atoms with E-state index in [2.05, 4.69) is 5.32 Å². The summed E-state index contributed by atoms with van der Waals surface area (Å²) in [6.07, 6.45) is 1.01. The normalized spacial score (nSPS) is 19.4. The van der Waals surface area contributed by atoms with Crippen molar-refractivity contribution in [1.82, 2.24) is 9.21 Å². The van der Waals surface area contributed by atoms with Crippen LogP contribution in [0.5, 0.6) is 0 Å². The summed E-state index contributed by atoms with van der Waals surface area (Å²) in [4.78, 5) is 37.9. The maximum absolute atomic E-state index is 13.1. The van der Waals surface area contributed by atoms with Gasteiger partial charge in [0.25, 0.3) is 11.8 Å². The molecule has 8 nitrogen and oxygen atoms in total. The van der Waals surface area contributed by atoms with Crippen molar-refractivity contribution in [3.63, 3.8) is 0 Å². The van der Waals surface area contributed by atoms with Gasteiger partial charge in [-0.1, -0.05) is 0 Å². The van der Waals surface area contributed by atoms with Gasteiger partial charge >= 0.3 is 0 Å². The molecule has 0 spiro atoms. The number of nitrogens with zero attached hydrogens (tertiary/aromatic N) is 2. The van der Waals surface area contributed by atoms with Crippen molar-refractivity contribution in [2.24, 2.45) is 5.92 Å². The maximum Gasteiger partial charge on any atom is 0.261 e. The average Bonchev–Trinajstić information content (AvgIpc) is 2.98. The van der Waals surface area contributed by atoms with E-state index in [9.17, 15) is 27.2 Å². The van der Waals surface area contributed by atoms with Crippen LogP contribution in [0.1, 0.15) is 33.6 Å². The molecule has 31 heavy (non-hydrogen) atoms. The largest absolute Gasteiger partial charge is 0.326 e. The molecule has 1 N–H and O–H groups in total. The van der Waals surface area contributed by atoms with E-state index < -0.39 is 33.6 Å². The van der Waals surface area contributed by atoms with E-state index >= 15 is 0 Å². The van der Waals surface area contributed by atoms with E-state index in [-0.39, 0.29) is 35.0 Å². The van der Waals surface area contributed by atoms with E-state index in [0.29, 0.717) is 18.5 Å². The van der Waals surface area contributed by atoms with Crippen LogP contribution < -0.4 is 5.32 Å². The first kappa shape index (κ1) is 21.1. The second-order valence-electron chi connectivity index (χ2n) is 7.58. The quantitative estimate of drug-likeness (QED) is 0.726. The topological polar surface area (TPSA) is 104 Å². The number of fused-ring (bicyclic) bond motifs is 1. The number of imide groups is 1. The van der Waals surface area contributed by atoms with Gasteiger partial charge in [0, 0.05) is 25.8 Å². The van der Waals surface area contributed by atoms with Crippen molar-refractivity contribution in [2.75, 3.05) is 25.5 Å². The molecule has 1 atom stereocenters. The Morgan fingerprint density at radius 2 is 1.74 bits per heavy atom. The van der Waals surface area contributed by atoms with E-state index in [0.717, 1.165) is 17.0 Å². The molecule has 0 saturated carbocycles. The third-order valence-electron chi connectivity index (χ3n) is 5.56. The van der Waals surface area contributed by atoms with Crippen LogP contribution in [0, 0.1) is 11.7 Å². The van der Waals surface area contributed by atoms with Gasteiger partial charge in [0.15, 0.2) is 0 Å². The molecule has 2 aliphatic rings. The van der Waals surface area contributed by atoms with E-state index in [1.54, 1.807) is 0 Å². The Bertz CT molecular complexity index is 1180. The molecule has 4 rings (SSSR count). The van der Waals surface area contributed by atoms with Gasteiger partial charge in [-0.2, -0.15) is 4.31 Å². The number of benzene rings is 2. The number of sulfonamides is 1. The predicted octanol–water partition coefficient (Wildman–Crippen LogP) is 2.09. The van der Waals surface area contributed by atoms with Gasteiger partial charge < -0.3 is 5.32 Å². The molecule has 0 radical (unpaired) electrons. The lowest BCUT2D eigenvalue weighted by atomic mass is 9.98. The number of piperidine rings is 1. The number of hydrogen-bond donors (Lipinski definition) is 1. The van der Waals surface area contributed by atoms with E-state index in [1.807, 2.05) is 0 Å². The molecule has 0 unspecified atom stereocenters. The highest BCUT2D eigenvalue weighted by Crippen LogP contribution is 2.27.